The molecule has 0 bridgehead atoms. The van der Waals surface area contributed by atoms with Gasteiger partial charge in [-0.1, -0.05) is 18.2 Å². The Hall–Kier alpha value is -2.60. The van der Waals surface area contributed by atoms with Gasteiger partial charge in [0, 0.05) is 56.1 Å². The van der Waals surface area contributed by atoms with Gasteiger partial charge in [0.1, 0.15) is 5.82 Å². The maximum Gasteiger partial charge on any atom is 0.256 e. The normalized spacial score (nSPS) is 20.5. The van der Waals surface area contributed by atoms with Crippen molar-refractivity contribution in [3.05, 3.63) is 54.2 Å². The molecule has 1 aliphatic rings. The number of nitrogens with one attached hydrogen (secondary N) is 1. The van der Waals surface area contributed by atoms with Crippen LogP contribution in [0.5, 0.6) is 0 Å². The minimum absolute atomic E-state index is 0.0265. The second-order valence-electron chi connectivity index (χ2n) is 6.39. The molecular formula is C19H22N4O2. The fourth-order valence-corrected chi connectivity index (χ4v) is 3.75. The van der Waals surface area contributed by atoms with Crippen LogP contribution in [-0.2, 0) is 11.3 Å². The molecule has 3 heterocycles. The van der Waals surface area contributed by atoms with Crippen LogP contribution in [0.3, 0.4) is 0 Å². The summed E-state index contributed by atoms with van der Waals surface area (Å²) in [5.74, 6) is 0.844. The van der Waals surface area contributed by atoms with Crippen molar-refractivity contribution < 1.29 is 9.53 Å². The molecule has 1 aromatic carbocycles. The second kappa shape index (κ2) is 6.37. The Morgan fingerprint density at radius 3 is 2.96 bits per heavy atom. The average molecular weight is 338 g/mol. The molecule has 4 rings (SSSR count). The van der Waals surface area contributed by atoms with E-state index < -0.39 is 0 Å². The first-order chi connectivity index (χ1) is 12.2. The van der Waals surface area contributed by atoms with Crippen LogP contribution in [0.25, 0.3) is 10.9 Å². The summed E-state index contributed by atoms with van der Waals surface area (Å²) in [5.41, 5.74) is 1.83. The van der Waals surface area contributed by atoms with Gasteiger partial charge >= 0.3 is 0 Å². The predicted octanol–water partition coefficient (Wildman–Crippen LogP) is 2.99. The lowest BCUT2D eigenvalue weighted by atomic mass is 10.1. The van der Waals surface area contributed by atoms with Gasteiger partial charge in [-0.25, -0.2) is 4.98 Å². The number of imidazole rings is 1. The summed E-state index contributed by atoms with van der Waals surface area (Å²) in [5, 5.41) is 0.994. The zero-order chi connectivity index (χ0) is 17.4. The highest BCUT2D eigenvalue weighted by molar-refractivity contribution is 6.07. The second-order valence-corrected chi connectivity index (χ2v) is 6.39. The number of aromatic nitrogens is 3. The van der Waals surface area contributed by atoms with E-state index >= 15 is 0 Å². The smallest absolute Gasteiger partial charge is 0.256 e. The molecule has 0 saturated carbocycles. The summed E-state index contributed by atoms with van der Waals surface area (Å²) >= 11 is 0. The van der Waals surface area contributed by atoms with Crippen LogP contribution < -0.4 is 0 Å². The molecule has 6 heteroatoms. The van der Waals surface area contributed by atoms with E-state index in [1.165, 1.54) is 0 Å². The Bertz CT molecular complexity index is 884. The van der Waals surface area contributed by atoms with Gasteiger partial charge in [-0.05, 0) is 13.0 Å². The number of likely N-dealkylation sites (tertiary alicyclic amines) is 1. The van der Waals surface area contributed by atoms with Crippen molar-refractivity contribution in [2.75, 3.05) is 13.7 Å². The highest BCUT2D eigenvalue weighted by atomic mass is 16.5. The molecule has 1 unspecified atom stereocenters. The van der Waals surface area contributed by atoms with Crippen LogP contribution in [0.4, 0.5) is 0 Å². The maximum atomic E-state index is 13.4. The van der Waals surface area contributed by atoms with Crippen LogP contribution in [-0.4, -0.2) is 45.1 Å². The van der Waals surface area contributed by atoms with Gasteiger partial charge in [0.25, 0.3) is 5.91 Å². The van der Waals surface area contributed by atoms with Crippen molar-refractivity contribution in [2.45, 2.75) is 32.0 Å². The van der Waals surface area contributed by atoms with Gasteiger partial charge < -0.3 is 19.2 Å². The first kappa shape index (κ1) is 15.9. The van der Waals surface area contributed by atoms with Crippen LogP contribution in [0, 0.1) is 0 Å². The zero-order valence-corrected chi connectivity index (χ0v) is 14.5. The number of hydrogen-bond acceptors (Lipinski definition) is 3. The molecule has 3 aromatic rings. The summed E-state index contributed by atoms with van der Waals surface area (Å²) in [6, 6.07) is 7.97. The monoisotopic (exact) mass is 338 g/mol. The lowest BCUT2D eigenvalue weighted by Gasteiger charge is -2.22. The number of ether oxygens (including phenoxy) is 1. The van der Waals surface area contributed by atoms with Crippen molar-refractivity contribution in [2.24, 2.45) is 0 Å². The topological polar surface area (TPSA) is 63.1 Å². The SMILES string of the molecule is CCn1cc(C(=O)N2C[C@H](OC)CC2c2ncc[nH]2)c2ccccc21. The van der Waals surface area contributed by atoms with E-state index in [9.17, 15) is 4.79 Å². The molecule has 0 aliphatic carbocycles. The zero-order valence-electron chi connectivity index (χ0n) is 14.5. The lowest BCUT2D eigenvalue weighted by molar-refractivity contribution is 0.0686. The molecule has 6 nitrogen and oxygen atoms in total. The number of amides is 1. The number of rotatable bonds is 4. The number of aryl methyl sites for hydroxylation is 1. The van der Waals surface area contributed by atoms with Crippen molar-refractivity contribution in [3.63, 3.8) is 0 Å². The largest absolute Gasteiger partial charge is 0.380 e. The maximum absolute atomic E-state index is 13.4. The molecule has 1 N–H and O–H groups in total. The molecule has 0 spiro atoms. The van der Waals surface area contributed by atoms with Gasteiger partial charge in [0.15, 0.2) is 0 Å². The predicted molar refractivity (Wildman–Crippen MR) is 95.4 cm³/mol. The number of hydrogen-bond donors (Lipinski definition) is 1. The molecule has 25 heavy (non-hydrogen) atoms. The Labute approximate surface area is 146 Å². The van der Waals surface area contributed by atoms with Gasteiger partial charge in [-0.2, -0.15) is 0 Å². The number of benzene rings is 1. The number of H-pyrrole nitrogens is 1. The van der Waals surface area contributed by atoms with Crippen molar-refractivity contribution in [3.8, 4) is 0 Å². The van der Waals surface area contributed by atoms with Gasteiger partial charge in [0.2, 0.25) is 0 Å². The summed E-state index contributed by atoms with van der Waals surface area (Å²) in [6.45, 7) is 3.49. The van der Waals surface area contributed by atoms with Crippen molar-refractivity contribution >= 4 is 16.8 Å². The fourth-order valence-electron chi connectivity index (χ4n) is 3.75. The summed E-state index contributed by atoms with van der Waals surface area (Å²) in [7, 11) is 1.70. The number of fused-ring (bicyclic) bond motifs is 1. The van der Waals surface area contributed by atoms with Crippen LogP contribution in [0.15, 0.2) is 42.9 Å². The van der Waals surface area contributed by atoms with Crippen molar-refractivity contribution in [1.82, 2.24) is 19.4 Å². The molecule has 1 aliphatic heterocycles. The molecule has 2 atom stereocenters. The van der Waals surface area contributed by atoms with E-state index in [1.54, 1.807) is 19.5 Å². The third-order valence-electron chi connectivity index (χ3n) is 5.05. The van der Waals surface area contributed by atoms with Crippen molar-refractivity contribution in [1.29, 1.82) is 0 Å². The number of carbonyl (C=O) groups excluding carboxylic acids is 1. The molecule has 2 aromatic heterocycles. The molecular weight excluding hydrogens is 316 g/mol. The molecule has 130 valence electrons. The van der Waals surface area contributed by atoms with Gasteiger partial charge in [-0.3, -0.25) is 4.79 Å². The first-order valence-electron chi connectivity index (χ1n) is 8.63. The van der Waals surface area contributed by atoms with E-state index in [-0.39, 0.29) is 18.1 Å². The average Bonchev–Trinajstić information content (AvgIpc) is 3.37. The van der Waals surface area contributed by atoms with Gasteiger partial charge in [-0.15, -0.1) is 0 Å². The fraction of sp³-hybridized carbons (Fsp3) is 0.368. The Morgan fingerprint density at radius 1 is 1.40 bits per heavy atom. The van der Waals surface area contributed by atoms with Crippen LogP contribution >= 0.6 is 0 Å². The van der Waals surface area contributed by atoms with Crippen LogP contribution in [0.1, 0.15) is 35.6 Å². The number of nitrogens with zero attached hydrogens (tertiary/aromatic N) is 3. The third-order valence-corrected chi connectivity index (χ3v) is 5.05. The Morgan fingerprint density at radius 2 is 2.24 bits per heavy atom. The van der Waals surface area contributed by atoms with E-state index in [1.807, 2.05) is 29.3 Å². The highest BCUT2D eigenvalue weighted by Crippen LogP contribution is 2.34. The summed E-state index contributed by atoms with van der Waals surface area (Å²) < 4.78 is 7.65. The van der Waals surface area contributed by atoms with E-state index in [0.717, 1.165) is 35.3 Å². The minimum atomic E-state index is -0.0869. The number of aromatic amines is 1. The van der Waals surface area contributed by atoms with Gasteiger partial charge in [0.05, 0.1) is 17.7 Å². The van der Waals surface area contributed by atoms with E-state index in [4.69, 9.17) is 4.74 Å². The third kappa shape index (κ3) is 2.62. The lowest BCUT2D eigenvalue weighted by Crippen LogP contribution is -2.32. The number of methoxy groups -OCH3 is 1. The molecule has 0 radical (unpaired) electrons. The van der Waals surface area contributed by atoms with E-state index in [2.05, 4.69) is 27.5 Å². The minimum Gasteiger partial charge on any atom is -0.380 e. The summed E-state index contributed by atoms with van der Waals surface area (Å²) in [6.07, 6.45) is 6.26. The molecule has 1 amide bonds. The van der Waals surface area contributed by atoms with E-state index in [0.29, 0.717) is 6.54 Å². The Balaban J connectivity index is 1.74. The summed E-state index contributed by atoms with van der Waals surface area (Å²) in [4.78, 5) is 22.8. The number of para-hydroxylation sites is 1. The highest BCUT2D eigenvalue weighted by Gasteiger charge is 2.38. The molecule has 1 saturated heterocycles. The quantitative estimate of drug-likeness (QED) is 0.795. The molecule has 1 fully saturated rings. The standard InChI is InChI=1S/C19H22N4O2/c1-3-22-12-15(14-6-4-5-7-16(14)22)19(24)23-11-13(25-2)10-17(23)18-20-8-9-21-18/h4-9,12-13,17H,3,10-11H2,1-2H3,(H,20,21)/t13-,17?/m1/s1. The van der Waals surface area contributed by atoms with Crippen LogP contribution in [0.2, 0.25) is 0 Å². The first-order valence-corrected chi connectivity index (χ1v) is 8.63. The Kier molecular flexibility index (Phi) is 4.05. The number of carbonyl (C=O) groups is 1.